The summed E-state index contributed by atoms with van der Waals surface area (Å²) < 4.78 is 4.71. The zero-order chi connectivity index (χ0) is 8.97. The first-order valence-electron chi connectivity index (χ1n) is 4.54. The molecule has 0 aromatic rings. The molecule has 0 aromatic carbocycles. The lowest BCUT2D eigenvalue weighted by atomic mass is 9.86. The molecular formula is C9H17NO2. The zero-order valence-corrected chi connectivity index (χ0v) is 7.80. The van der Waals surface area contributed by atoms with Gasteiger partial charge in [-0.25, -0.2) is 0 Å². The molecule has 12 heavy (non-hydrogen) atoms. The maximum Gasteiger partial charge on any atom is 0.308 e. The minimum absolute atomic E-state index is 0.0668. The third kappa shape index (κ3) is 2.21. The predicted octanol–water partition coefficient (Wildman–Crippen LogP) is 0.795. The van der Waals surface area contributed by atoms with E-state index in [0.29, 0.717) is 5.92 Å². The monoisotopic (exact) mass is 171 g/mol. The van der Waals surface area contributed by atoms with Gasteiger partial charge in [-0.2, -0.15) is 0 Å². The average molecular weight is 171 g/mol. The molecule has 1 heterocycles. The van der Waals surface area contributed by atoms with Crippen LogP contribution in [0.4, 0.5) is 0 Å². The number of hydrogen-bond acceptors (Lipinski definition) is 3. The SMILES string of the molecule is COC(=O)[C@@H](C)C1CCNCC1. The van der Waals surface area contributed by atoms with E-state index in [1.807, 2.05) is 6.92 Å². The van der Waals surface area contributed by atoms with Crippen LogP contribution in [0.15, 0.2) is 0 Å². The van der Waals surface area contributed by atoms with Gasteiger partial charge in [-0.15, -0.1) is 0 Å². The summed E-state index contributed by atoms with van der Waals surface area (Å²) >= 11 is 0. The largest absolute Gasteiger partial charge is 0.469 e. The molecule has 0 aromatic heterocycles. The van der Waals surface area contributed by atoms with Crippen LogP contribution in [0.5, 0.6) is 0 Å². The van der Waals surface area contributed by atoms with Crippen LogP contribution in [0.2, 0.25) is 0 Å². The Balaban J connectivity index is 2.39. The van der Waals surface area contributed by atoms with E-state index in [9.17, 15) is 4.79 Å². The van der Waals surface area contributed by atoms with Crippen molar-refractivity contribution >= 4 is 5.97 Å². The smallest absolute Gasteiger partial charge is 0.308 e. The van der Waals surface area contributed by atoms with E-state index in [-0.39, 0.29) is 11.9 Å². The topological polar surface area (TPSA) is 38.3 Å². The number of nitrogens with one attached hydrogen (secondary N) is 1. The van der Waals surface area contributed by atoms with Crippen molar-refractivity contribution in [2.24, 2.45) is 11.8 Å². The van der Waals surface area contributed by atoms with E-state index in [4.69, 9.17) is 4.74 Å². The number of hydrogen-bond donors (Lipinski definition) is 1. The normalized spacial score (nSPS) is 21.8. The molecular weight excluding hydrogens is 154 g/mol. The molecule has 0 aliphatic carbocycles. The molecule has 1 N–H and O–H groups in total. The average Bonchev–Trinajstić information content (AvgIpc) is 2.17. The summed E-state index contributed by atoms with van der Waals surface area (Å²) in [5.41, 5.74) is 0. The van der Waals surface area contributed by atoms with E-state index in [2.05, 4.69) is 5.32 Å². The van der Waals surface area contributed by atoms with Crippen LogP contribution >= 0.6 is 0 Å². The first kappa shape index (κ1) is 9.52. The van der Waals surface area contributed by atoms with E-state index in [1.165, 1.54) is 7.11 Å². The van der Waals surface area contributed by atoms with Gasteiger partial charge in [0.15, 0.2) is 0 Å². The Hall–Kier alpha value is -0.570. The number of rotatable bonds is 2. The van der Waals surface area contributed by atoms with Crippen molar-refractivity contribution in [3.8, 4) is 0 Å². The van der Waals surface area contributed by atoms with Gasteiger partial charge in [-0.3, -0.25) is 4.79 Å². The van der Waals surface area contributed by atoms with Crippen LogP contribution in [0.25, 0.3) is 0 Å². The van der Waals surface area contributed by atoms with Crippen LogP contribution in [-0.4, -0.2) is 26.2 Å². The molecule has 0 amide bonds. The minimum Gasteiger partial charge on any atom is -0.469 e. The summed E-state index contributed by atoms with van der Waals surface area (Å²) in [5.74, 6) is 0.512. The maximum absolute atomic E-state index is 11.2. The van der Waals surface area contributed by atoms with Crippen molar-refractivity contribution in [3.05, 3.63) is 0 Å². The lowest BCUT2D eigenvalue weighted by molar-refractivity contribution is -0.147. The molecule has 1 atom stereocenters. The van der Waals surface area contributed by atoms with E-state index in [0.717, 1.165) is 25.9 Å². The van der Waals surface area contributed by atoms with E-state index >= 15 is 0 Å². The first-order chi connectivity index (χ1) is 5.75. The van der Waals surface area contributed by atoms with Gasteiger partial charge in [0.1, 0.15) is 0 Å². The predicted molar refractivity (Wildman–Crippen MR) is 46.8 cm³/mol. The summed E-state index contributed by atoms with van der Waals surface area (Å²) in [6, 6.07) is 0. The quantitative estimate of drug-likeness (QED) is 0.624. The Morgan fingerprint density at radius 2 is 2.08 bits per heavy atom. The highest BCUT2D eigenvalue weighted by atomic mass is 16.5. The number of carbonyl (C=O) groups is 1. The lowest BCUT2D eigenvalue weighted by Gasteiger charge is -2.26. The minimum atomic E-state index is -0.0677. The van der Waals surface area contributed by atoms with Crippen molar-refractivity contribution in [3.63, 3.8) is 0 Å². The molecule has 1 fully saturated rings. The molecule has 70 valence electrons. The van der Waals surface area contributed by atoms with Crippen LogP contribution in [0.1, 0.15) is 19.8 Å². The van der Waals surface area contributed by atoms with Crippen molar-refractivity contribution in [2.45, 2.75) is 19.8 Å². The van der Waals surface area contributed by atoms with Crippen LogP contribution in [-0.2, 0) is 9.53 Å². The fraction of sp³-hybridized carbons (Fsp3) is 0.889. The van der Waals surface area contributed by atoms with Gasteiger partial charge in [-0.1, -0.05) is 6.92 Å². The molecule has 0 radical (unpaired) electrons. The standard InChI is InChI=1S/C9H17NO2/c1-7(9(11)12-2)8-3-5-10-6-4-8/h7-8,10H,3-6H2,1-2H3/t7-/m0/s1. The fourth-order valence-electron chi connectivity index (χ4n) is 1.72. The highest BCUT2D eigenvalue weighted by Crippen LogP contribution is 2.22. The number of esters is 1. The summed E-state index contributed by atoms with van der Waals surface area (Å²) in [4.78, 5) is 11.2. The Kier molecular flexibility index (Phi) is 3.53. The van der Waals surface area contributed by atoms with Crippen LogP contribution in [0, 0.1) is 11.8 Å². The highest BCUT2D eigenvalue weighted by molar-refractivity contribution is 5.72. The molecule has 1 aliphatic heterocycles. The molecule has 3 nitrogen and oxygen atoms in total. The van der Waals surface area contributed by atoms with Gasteiger partial charge in [0.05, 0.1) is 13.0 Å². The summed E-state index contributed by atoms with van der Waals surface area (Å²) in [5, 5.41) is 3.27. The molecule has 0 bridgehead atoms. The van der Waals surface area contributed by atoms with E-state index in [1.54, 1.807) is 0 Å². The number of ether oxygens (including phenoxy) is 1. The summed E-state index contributed by atoms with van der Waals surface area (Å²) in [6.07, 6.45) is 2.19. The van der Waals surface area contributed by atoms with Gasteiger partial charge >= 0.3 is 5.97 Å². The van der Waals surface area contributed by atoms with E-state index < -0.39 is 0 Å². The van der Waals surface area contributed by atoms with Crippen molar-refractivity contribution in [1.82, 2.24) is 5.32 Å². The Morgan fingerprint density at radius 1 is 1.50 bits per heavy atom. The lowest BCUT2D eigenvalue weighted by Crippen LogP contribution is -2.33. The van der Waals surface area contributed by atoms with Gasteiger partial charge in [0.2, 0.25) is 0 Å². The Labute approximate surface area is 73.5 Å². The third-order valence-electron chi connectivity index (χ3n) is 2.66. The Bertz CT molecular complexity index is 153. The second-order valence-electron chi connectivity index (χ2n) is 3.40. The maximum atomic E-state index is 11.2. The zero-order valence-electron chi connectivity index (χ0n) is 7.80. The highest BCUT2D eigenvalue weighted by Gasteiger charge is 2.25. The van der Waals surface area contributed by atoms with Crippen molar-refractivity contribution in [1.29, 1.82) is 0 Å². The van der Waals surface area contributed by atoms with Gasteiger partial charge < -0.3 is 10.1 Å². The first-order valence-corrected chi connectivity index (χ1v) is 4.54. The molecule has 0 unspecified atom stereocenters. The van der Waals surface area contributed by atoms with Gasteiger partial charge in [0, 0.05) is 0 Å². The molecule has 3 heteroatoms. The summed E-state index contributed by atoms with van der Waals surface area (Å²) in [7, 11) is 1.46. The molecule has 0 saturated carbocycles. The third-order valence-corrected chi connectivity index (χ3v) is 2.66. The molecule has 0 spiro atoms. The van der Waals surface area contributed by atoms with Gasteiger partial charge in [0.25, 0.3) is 0 Å². The number of piperidine rings is 1. The summed E-state index contributed by atoms with van der Waals surface area (Å²) in [6.45, 7) is 4.03. The van der Waals surface area contributed by atoms with Crippen molar-refractivity contribution in [2.75, 3.05) is 20.2 Å². The second kappa shape index (κ2) is 4.45. The van der Waals surface area contributed by atoms with Gasteiger partial charge in [-0.05, 0) is 31.8 Å². The Morgan fingerprint density at radius 3 is 2.58 bits per heavy atom. The molecule has 1 aliphatic rings. The molecule has 1 rings (SSSR count). The fourth-order valence-corrected chi connectivity index (χ4v) is 1.72. The second-order valence-corrected chi connectivity index (χ2v) is 3.40. The van der Waals surface area contributed by atoms with Crippen molar-refractivity contribution < 1.29 is 9.53 Å². The van der Waals surface area contributed by atoms with Crippen LogP contribution < -0.4 is 5.32 Å². The van der Waals surface area contributed by atoms with Crippen LogP contribution in [0.3, 0.4) is 0 Å². The number of carbonyl (C=O) groups excluding carboxylic acids is 1. The molecule has 1 saturated heterocycles. The number of methoxy groups -OCH3 is 1.